The molecule has 7 heteroatoms. The highest BCUT2D eigenvalue weighted by molar-refractivity contribution is 9.10. The molecule has 1 unspecified atom stereocenters. The highest BCUT2D eigenvalue weighted by atomic mass is 79.9. The lowest BCUT2D eigenvalue weighted by molar-refractivity contribution is 0.115. The van der Waals surface area contributed by atoms with Gasteiger partial charge in [0.25, 0.3) is 0 Å². The average molecular weight is 335 g/mol. The fourth-order valence-electron chi connectivity index (χ4n) is 1.97. The number of methoxy groups -OCH3 is 1. The summed E-state index contributed by atoms with van der Waals surface area (Å²) >= 11 is 3.25. The van der Waals surface area contributed by atoms with Gasteiger partial charge in [-0.3, -0.25) is 0 Å². The molecule has 0 amide bonds. The molecule has 0 aliphatic carbocycles. The van der Waals surface area contributed by atoms with Gasteiger partial charge in [-0.2, -0.15) is 4.31 Å². The van der Waals surface area contributed by atoms with Crippen molar-refractivity contribution in [3.63, 3.8) is 0 Å². The van der Waals surface area contributed by atoms with Crippen LogP contribution in [0.2, 0.25) is 0 Å². The molecular formula is C11H15BrN2O3S. The number of anilines is 1. The van der Waals surface area contributed by atoms with Crippen molar-refractivity contribution in [2.75, 3.05) is 25.9 Å². The second kappa shape index (κ2) is 5.16. The maximum atomic E-state index is 12.5. The summed E-state index contributed by atoms with van der Waals surface area (Å²) in [5.74, 6) is 0. The van der Waals surface area contributed by atoms with E-state index in [1.807, 2.05) is 0 Å². The smallest absolute Gasteiger partial charge is 0.244 e. The van der Waals surface area contributed by atoms with Crippen LogP contribution in [0.15, 0.2) is 27.6 Å². The van der Waals surface area contributed by atoms with Gasteiger partial charge in [-0.25, -0.2) is 8.42 Å². The molecule has 1 aliphatic rings. The van der Waals surface area contributed by atoms with Gasteiger partial charge in [0, 0.05) is 30.4 Å². The van der Waals surface area contributed by atoms with Crippen LogP contribution in [0, 0.1) is 0 Å². The van der Waals surface area contributed by atoms with Crippen molar-refractivity contribution in [2.24, 2.45) is 0 Å². The molecule has 0 bridgehead atoms. The van der Waals surface area contributed by atoms with Crippen LogP contribution in [0.1, 0.15) is 6.42 Å². The maximum absolute atomic E-state index is 12.5. The zero-order valence-corrected chi connectivity index (χ0v) is 12.4. The van der Waals surface area contributed by atoms with Gasteiger partial charge >= 0.3 is 0 Å². The Morgan fingerprint density at radius 2 is 2.22 bits per heavy atom. The molecule has 1 aromatic carbocycles. The molecular weight excluding hydrogens is 320 g/mol. The van der Waals surface area contributed by atoms with Crippen molar-refractivity contribution in [3.8, 4) is 0 Å². The Morgan fingerprint density at radius 3 is 2.83 bits per heavy atom. The lowest BCUT2D eigenvalue weighted by Crippen LogP contribution is -2.30. The van der Waals surface area contributed by atoms with Gasteiger partial charge in [0.15, 0.2) is 0 Å². The largest absolute Gasteiger partial charge is 0.399 e. The molecule has 1 heterocycles. The van der Waals surface area contributed by atoms with Gasteiger partial charge in [-0.05, 0) is 40.5 Å². The van der Waals surface area contributed by atoms with Crippen molar-refractivity contribution in [2.45, 2.75) is 17.4 Å². The van der Waals surface area contributed by atoms with Gasteiger partial charge < -0.3 is 10.5 Å². The third-order valence-corrected chi connectivity index (χ3v) is 5.87. The molecule has 1 atom stereocenters. The summed E-state index contributed by atoms with van der Waals surface area (Å²) in [6.45, 7) is 0.863. The van der Waals surface area contributed by atoms with E-state index in [0.717, 1.165) is 6.42 Å². The number of nitrogen functional groups attached to an aromatic ring is 1. The highest BCUT2D eigenvalue weighted by Crippen LogP contribution is 2.29. The normalized spacial score (nSPS) is 21.3. The van der Waals surface area contributed by atoms with E-state index >= 15 is 0 Å². The van der Waals surface area contributed by atoms with Crippen molar-refractivity contribution in [1.29, 1.82) is 0 Å². The number of rotatable bonds is 3. The maximum Gasteiger partial charge on any atom is 0.244 e. The molecule has 5 nitrogen and oxygen atoms in total. The molecule has 2 N–H and O–H groups in total. The first-order valence-corrected chi connectivity index (χ1v) is 7.76. The van der Waals surface area contributed by atoms with Crippen LogP contribution >= 0.6 is 15.9 Å². The zero-order valence-electron chi connectivity index (χ0n) is 9.97. The lowest BCUT2D eigenvalue weighted by Gasteiger charge is -2.17. The molecule has 1 aromatic rings. The predicted molar refractivity (Wildman–Crippen MR) is 72.7 cm³/mol. The molecule has 0 aromatic heterocycles. The number of sulfonamides is 1. The summed E-state index contributed by atoms with van der Waals surface area (Å²) < 4.78 is 32.0. The number of nitrogens with two attached hydrogens (primary N) is 1. The Bertz CT molecular complexity index is 547. The van der Waals surface area contributed by atoms with Gasteiger partial charge in [0.2, 0.25) is 10.0 Å². The first-order valence-electron chi connectivity index (χ1n) is 5.53. The number of benzene rings is 1. The second-order valence-corrected chi connectivity index (χ2v) is 6.96. The number of hydrogen-bond donors (Lipinski definition) is 1. The van der Waals surface area contributed by atoms with Crippen molar-refractivity contribution < 1.29 is 13.2 Å². The van der Waals surface area contributed by atoms with E-state index in [9.17, 15) is 8.42 Å². The van der Waals surface area contributed by atoms with Crippen molar-refractivity contribution in [1.82, 2.24) is 4.31 Å². The average Bonchev–Trinajstić information content (AvgIpc) is 2.81. The fraction of sp³-hybridized carbons (Fsp3) is 0.455. The summed E-state index contributed by atoms with van der Waals surface area (Å²) in [5.41, 5.74) is 6.08. The van der Waals surface area contributed by atoms with E-state index in [1.165, 1.54) is 10.4 Å². The van der Waals surface area contributed by atoms with Crippen LogP contribution in [-0.4, -0.2) is 39.0 Å². The van der Waals surface area contributed by atoms with Crippen molar-refractivity contribution in [3.05, 3.63) is 22.7 Å². The number of nitrogens with zero attached hydrogens (tertiary/aromatic N) is 1. The minimum Gasteiger partial charge on any atom is -0.399 e. The molecule has 1 saturated heterocycles. The molecule has 0 saturated carbocycles. The minimum atomic E-state index is -3.51. The summed E-state index contributed by atoms with van der Waals surface area (Å²) in [5, 5.41) is 0. The third-order valence-electron chi connectivity index (χ3n) is 3.01. The molecule has 0 radical (unpaired) electrons. The summed E-state index contributed by atoms with van der Waals surface area (Å²) in [6.07, 6.45) is 0.690. The summed E-state index contributed by atoms with van der Waals surface area (Å²) in [7, 11) is -1.91. The van der Waals surface area contributed by atoms with Crippen LogP contribution in [0.3, 0.4) is 0 Å². The SMILES string of the molecule is COC1CCN(S(=O)(=O)c2cc(N)ccc2Br)C1. The fourth-order valence-corrected chi connectivity index (χ4v) is 4.41. The third kappa shape index (κ3) is 2.54. The number of halogens is 1. The van der Waals surface area contributed by atoms with Crippen LogP contribution in [0.25, 0.3) is 0 Å². The van der Waals surface area contributed by atoms with E-state index in [0.29, 0.717) is 23.2 Å². The molecule has 100 valence electrons. The Morgan fingerprint density at radius 1 is 1.50 bits per heavy atom. The lowest BCUT2D eigenvalue weighted by atomic mass is 10.3. The predicted octanol–water partition coefficient (Wildman–Crippen LogP) is 1.44. The van der Waals surface area contributed by atoms with Gasteiger partial charge in [0.05, 0.1) is 11.0 Å². The van der Waals surface area contributed by atoms with Crippen LogP contribution in [0.4, 0.5) is 5.69 Å². The van der Waals surface area contributed by atoms with Gasteiger partial charge in [-0.15, -0.1) is 0 Å². The Hall–Kier alpha value is -0.630. The molecule has 1 fully saturated rings. The van der Waals surface area contributed by atoms with Crippen LogP contribution < -0.4 is 5.73 Å². The number of ether oxygens (including phenoxy) is 1. The van der Waals surface area contributed by atoms with E-state index in [-0.39, 0.29) is 11.0 Å². The minimum absolute atomic E-state index is 0.0281. The molecule has 2 rings (SSSR count). The topological polar surface area (TPSA) is 72.6 Å². The Balaban J connectivity index is 2.34. The molecule has 1 aliphatic heterocycles. The Labute approximate surface area is 115 Å². The van der Waals surface area contributed by atoms with E-state index in [1.54, 1.807) is 19.2 Å². The first-order chi connectivity index (χ1) is 8.45. The number of hydrogen-bond acceptors (Lipinski definition) is 4. The monoisotopic (exact) mass is 334 g/mol. The van der Waals surface area contributed by atoms with Crippen LogP contribution in [-0.2, 0) is 14.8 Å². The first kappa shape index (κ1) is 13.8. The highest BCUT2D eigenvalue weighted by Gasteiger charge is 2.33. The summed E-state index contributed by atoms with van der Waals surface area (Å²) in [6, 6.07) is 4.77. The standard InChI is InChI=1S/C11H15BrN2O3S/c1-17-9-4-5-14(7-9)18(15,16)11-6-8(13)2-3-10(11)12/h2-3,6,9H,4-5,7,13H2,1H3. The quantitative estimate of drug-likeness (QED) is 0.849. The Kier molecular flexibility index (Phi) is 3.96. The van der Waals surface area contributed by atoms with E-state index < -0.39 is 10.0 Å². The summed E-state index contributed by atoms with van der Waals surface area (Å²) in [4.78, 5) is 0.208. The van der Waals surface area contributed by atoms with Crippen LogP contribution in [0.5, 0.6) is 0 Å². The van der Waals surface area contributed by atoms with Gasteiger partial charge in [0.1, 0.15) is 0 Å². The van der Waals surface area contributed by atoms with Gasteiger partial charge in [-0.1, -0.05) is 0 Å². The second-order valence-electron chi connectivity index (χ2n) is 4.20. The van der Waals surface area contributed by atoms with E-state index in [4.69, 9.17) is 10.5 Å². The molecule has 0 spiro atoms. The molecule has 18 heavy (non-hydrogen) atoms. The van der Waals surface area contributed by atoms with E-state index in [2.05, 4.69) is 15.9 Å². The van der Waals surface area contributed by atoms with Crippen molar-refractivity contribution >= 4 is 31.6 Å². The zero-order chi connectivity index (χ0) is 13.3.